The predicted octanol–water partition coefficient (Wildman–Crippen LogP) is 3.84. The summed E-state index contributed by atoms with van der Waals surface area (Å²) in [7, 11) is -4.18. The number of sulfone groups is 1. The Balaban J connectivity index is 1.74. The smallest absolute Gasteiger partial charge is 0.322 e. The van der Waals surface area contributed by atoms with Crippen LogP contribution in [-0.2, 0) is 25.9 Å². The molecule has 1 unspecified atom stereocenters. The summed E-state index contributed by atoms with van der Waals surface area (Å²) in [6, 6.07) is 22.9. The minimum Gasteiger partial charge on any atom is -0.480 e. The first-order valence-electron chi connectivity index (χ1n) is 11.7. The molecule has 2 aromatic carbocycles. The van der Waals surface area contributed by atoms with Gasteiger partial charge in [0.15, 0.2) is 4.87 Å². The molecule has 2 aromatic heterocycles. The second-order valence-corrected chi connectivity index (χ2v) is 10.8. The lowest BCUT2D eigenvalue weighted by Gasteiger charge is -2.29. The van der Waals surface area contributed by atoms with E-state index in [1.807, 2.05) is 48.5 Å². The Hall–Kier alpha value is -4.52. The molecule has 0 saturated carbocycles. The van der Waals surface area contributed by atoms with Crippen molar-refractivity contribution < 1.29 is 18.3 Å². The van der Waals surface area contributed by atoms with E-state index in [4.69, 9.17) is 10.8 Å². The number of carbonyl (C=O) groups is 1. The Morgan fingerprint density at radius 3 is 2.47 bits per heavy atom. The minimum atomic E-state index is -4.18. The van der Waals surface area contributed by atoms with E-state index < -0.39 is 20.7 Å². The zero-order valence-electron chi connectivity index (χ0n) is 20.6. The van der Waals surface area contributed by atoms with Gasteiger partial charge in [-0.1, -0.05) is 48.4 Å². The van der Waals surface area contributed by atoms with Crippen LogP contribution >= 0.6 is 0 Å². The fraction of sp³-hybridized carbons (Fsp3) is 0.138. The van der Waals surface area contributed by atoms with Gasteiger partial charge in [-0.25, -0.2) is 13.4 Å². The number of anilines is 1. The van der Waals surface area contributed by atoms with Gasteiger partial charge in [0.25, 0.3) is 0 Å². The molecule has 0 fully saturated rings. The molecule has 0 radical (unpaired) electrons. The molecule has 0 bridgehead atoms. The number of aliphatic carboxylic acids is 1. The van der Waals surface area contributed by atoms with Crippen LogP contribution < -0.4 is 11.1 Å². The largest absolute Gasteiger partial charge is 0.480 e. The highest BCUT2D eigenvalue weighted by molar-refractivity contribution is 7.92. The topological polar surface area (TPSA) is 135 Å². The number of carboxylic acids is 1. The Labute approximate surface area is 221 Å². The standard InChI is InChI=1S/C29H26N4O4S/c1-2-6-21-7-3-8-24(17-21)23-14-12-22(13-15-23)18-29(30,38(36,37)25-9-5-16-31-19-25)26-10-4-11-27(33-26)32-20-28(34)35/h3-5,7-17,19H,18,20,30H2,1H3,(H,32,33)(H,34,35). The van der Waals surface area contributed by atoms with Crippen molar-refractivity contribution in [2.45, 2.75) is 23.1 Å². The van der Waals surface area contributed by atoms with Crippen molar-refractivity contribution in [3.8, 4) is 23.0 Å². The number of benzene rings is 2. The number of nitrogens with zero attached hydrogens (tertiary/aromatic N) is 2. The summed E-state index contributed by atoms with van der Waals surface area (Å²) in [5.74, 6) is 5.06. The van der Waals surface area contributed by atoms with Gasteiger partial charge in [0.1, 0.15) is 12.4 Å². The van der Waals surface area contributed by atoms with E-state index in [-0.39, 0.29) is 29.4 Å². The van der Waals surface area contributed by atoms with Crippen LogP contribution in [0.25, 0.3) is 11.1 Å². The number of rotatable bonds is 9. The molecule has 192 valence electrons. The highest BCUT2D eigenvalue weighted by atomic mass is 32.2. The average molecular weight is 527 g/mol. The molecule has 2 heterocycles. The van der Waals surface area contributed by atoms with E-state index in [1.54, 1.807) is 19.1 Å². The first kappa shape index (κ1) is 26.5. The lowest BCUT2D eigenvalue weighted by atomic mass is 9.98. The highest BCUT2D eigenvalue weighted by Crippen LogP contribution is 2.34. The van der Waals surface area contributed by atoms with Crippen LogP contribution in [0, 0.1) is 11.8 Å². The van der Waals surface area contributed by atoms with Crippen molar-refractivity contribution in [1.29, 1.82) is 0 Å². The van der Waals surface area contributed by atoms with Gasteiger partial charge in [0, 0.05) is 24.4 Å². The zero-order valence-corrected chi connectivity index (χ0v) is 21.4. The number of pyridine rings is 2. The predicted molar refractivity (Wildman–Crippen MR) is 146 cm³/mol. The number of hydrogen-bond acceptors (Lipinski definition) is 7. The quantitative estimate of drug-likeness (QED) is 0.280. The number of nitrogens with one attached hydrogen (secondary N) is 1. The fourth-order valence-electron chi connectivity index (χ4n) is 4.01. The van der Waals surface area contributed by atoms with Crippen molar-refractivity contribution in [2.24, 2.45) is 5.73 Å². The number of aromatic nitrogens is 2. The lowest BCUT2D eigenvalue weighted by molar-refractivity contribution is -0.134. The summed E-state index contributed by atoms with van der Waals surface area (Å²) in [6.07, 6.45) is 2.64. The molecule has 0 amide bonds. The molecule has 1 atom stereocenters. The van der Waals surface area contributed by atoms with Gasteiger partial charge in [-0.3, -0.25) is 9.78 Å². The Morgan fingerprint density at radius 1 is 1.03 bits per heavy atom. The molecule has 0 spiro atoms. The van der Waals surface area contributed by atoms with Crippen molar-refractivity contribution in [3.63, 3.8) is 0 Å². The summed E-state index contributed by atoms with van der Waals surface area (Å²) in [5.41, 5.74) is 10.3. The van der Waals surface area contributed by atoms with Gasteiger partial charge < -0.3 is 16.2 Å². The lowest BCUT2D eigenvalue weighted by Crippen LogP contribution is -2.47. The summed E-state index contributed by atoms with van der Waals surface area (Å²) in [5, 5.41) is 11.7. The van der Waals surface area contributed by atoms with E-state index in [0.717, 1.165) is 16.7 Å². The molecule has 8 nitrogen and oxygen atoms in total. The Morgan fingerprint density at radius 2 is 1.79 bits per heavy atom. The van der Waals surface area contributed by atoms with E-state index in [9.17, 15) is 13.2 Å². The molecule has 9 heteroatoms. The van der Waals surface area contributed by atoms with Gasteiger partial charge in [0.2, 0.25) is 9.84 Å². The van der Waals surface area contributed by atoms with Crippen LogP contribution in [0.5, 0.6) is 0 Å². The molecule has 0 aliphatic rings. The second kappa shape index (κ2) is 11.3. The molecule has 0 aliphatic carbocycles. The van der Waals surface area contributed by atoms with Gasteiger partial charge >= 0.3 is 5.97 Å². The monoisotopic (exact) mass is 526 g/mol. The fourth-order valence-corrected chi connectivity index (χ4v) is 5.64. The third-order valence-corrected chi connectivity index (χ3v) is 8.09. The molecule has 0 saturated heterocycles. The van der Waals surface area contributed by atoms with Gasteiger partial charge in [-0.2, -0.15) is 0 Å². The third kappa shape index (κ3) is 5.72. The summed E-state index contributed by atoms with van der Waals surface area (Å²) >= 11 is 0. The molecule has 4 N–H and O–H groups in total. The van der Waals surface area contributed by atoms with E-state index >= 15 is 0 Å². The van der Waals surface area contributed by atoms with Crippen LogP contribution in [-0.4, -0.2) is 36.0 Å². The van der Waals surface area contributed by atoms with Crippen LogP contribution in [0.15, 0.2) is 96.2 Å². The third-order valence-electron chi connectivity index (χ3n) is 5.91. The van der Waals surface area contributed by atoms with Crippen molar-refractivity contribution in [1.82, 2.24) is 9.97 Å². The molecule has 0 aliphatic heterocycles. The van der Waals surface area contributed by atoms with Crippen LogP contribution in [0.3, 0.4) is 0 Å². The normalized spacial score (nSPS) is 12.6. The second-order valence-electron chi connectivity index (χ2n) is 8.57. The molecular weight excluding hydrogens is 500 g/mol. The average Bonchev–Trinajstić information content (AvgIpc) is 2.93. The van der Waals surface area contributed by atoms with Crippen molar-refractivity contribution in [2.75, 3.05) is 11.9 Å². The first-order valence-corrected chi connectivity index (χ1v) is 13.2. The van der Waals surface area contributed by atoms with Crippen LogP contribution in [0.2, 0.25) is 0 Å². The summed E-state index contributed by atoms with van der Waals surface area (Å²) < 4.78 is 27.8. The summed E-state index contributed by atoms with van der Waals surface area (Å²) in [6.45, 7) is 1.41. The molecule has 4 aromatic rings. The van der Waals surface area contributed by atoms with E-state index in [1.165, 1.54) is 30.6 Å². The summed E-state index contributed by atoms with van der Waals surface area (Å²) in [4.78, 5) is 17.3. The maximum atomic E-state index is 13.9. The molecule has 4 rings (SSSR count). The van der Waals surface area contributed by atoms with Crippen molar-refractivity contribution >= 4 is 21.6 Å². The van der Waals surface area contributed by atoms with Crippen LogP contribution in [0.1, 0.15) is 23.7 Å². The van der Waals surface area contributed by atoms with Crippen LogP contribution in [0.4, 0.5) is 5.82 Å². The highest BCUT2D eigenvalue weighted by Gasteiger charge is 2.44. The minimum absolute atomic E-state index is 0.0429. The molecular formula is C29H26N4O4S. The number of hydrogen-bond donors (Lipinski definition) is 3. The van der Waals surface area contributed by atoms with Crippen molar-refractivity contribution in [3.05, 3.63) is 108 Å². The maximum absolute atomic E-state index is 13.9. The van der Waals surface area contributed by atoms with Gasteiger partial charge in [-0.15, -0.1) is 5.92 Å². The van der Waals surface area contributed by atoms with E-state index in [0.29, 0.717) is 5.56 Å². The number of carboxylic acid groups (broad SMARTS) is 1. The Kier molecular flexibility index (Phi) is 7.86. The zero-order chi connectivity index (χ0) is 27.2. The van der Waals surface area contributed by atoms with E-state index in [2.05, 4.69) is 27.1 Å². The van der Waals surface area contributed by atoms with Gasteiger partial charge in [-0.05, 0) is 60.0 Å². The number of nitrogens with two attached hydrogens (primary N) is 1. The SMILES string of the molecule is CC#Cc1cccc(-c2ccc(CC(N)(c3cccc(NCC(=O)O)n3)S(=O)(=O)c3cccnc3)cc2)c1. The Bertz CT molecular complexity index is 1610. The van der Waals surface area contributed by atoms with Gasteiger partial charge in [0.05, 0.1) is 10.6 Å². The maximum Gasteiger partial charge on any atom is 0.322 e. The molecule has 38 heavy (non-hydrogen) atoms. The first-order chi connectivity index (χ1) is 18.2.